The van der Waals surface area contributed by atoms with Crippen molar-refractivity contribution in [3.05, 3.63) is 0 Å². The van der Waals surface area contributed by atoms with Crippen molar-refractivity contribution in [1.82, 2.24) is 21.3 Å². The van der Waals surface area contributed by atoms with Crippen LogP contribution in [0.4, 0.5) is 0 Å². The van der Waals surface area contributed by atoms with Crippen molar-refractivity contribution in [3.63, 3.8) is 0 Å². The minimum absolute atomic E-state index is 0. The minimum atomic E-state index is 0. The smallest absolute Gasteiger partial charge is 2.00 e. The largest absolute Gasteiger partial charge is 5.00 e. The van der Waals surface area contributed by atoms with E-state index in [-0.39, 0.29) is 128 Å². The van der Waals surface area contributed by atoms with Gasteiger partial charge >= 0.3 is 73.8 Å². The molecule has 26 heavy (non-hydrogen) atoms. The topological polar surface area (TPSA) is 152 Å². The molecule has 14 heteroatoms. The molecular formula is C12H36EuN8S4Sb. The van der Waals surface area contributed by atoms with E-state index in [0.29, 0.717) is 26.2 Å². The Kier molecular flexibility index (Phi) is 113. The molecule has 0 bridgehead atoms. The summed E-state index contributed by atoms with van der Waals surface area (Å²) in [4.78, 5) is 0. The van der Waals surface area contributed by atoms with Crippen LogP contribution in [0.5, 0.6) is 0 Å². The molecule has 0 aliphatic rings. The third-order valence-electron chi connectivity index (χ3n) is 2.24. The second-order valence-electron chi connectivity index (χ2n) is 4.15. The molecule has 0 radical (unpaired) electrons. The van der Waals surface area contributed by atoms with Gasteiger partial charge < -0.3 is 98.2 Å². The normalized spacial score (nSPS) is 7.85. The Morgan fingerprint density at radius 3 is 0.654 bits per heavy atom. The van der Waals surface area contributed by atoms with Gasteiger partial charge in [0.1, 0.15) is 0 Å². The van der Waals surface area contributed by atoms with Gasteiger partial charge in [-0.25, -0.2) is 0 Å². The Labute approximate surface area is 247 Å². The molecular weight excluding hydrogens is 658 g/mol. The first-order valence-electron chi connectivity index (χ1n) is 7.46. The molecule has 0 aromatic carbocycles. The Balaban J connectivity index is -0.0000000337. The second kappa shape index (κ2) is 56.7. The standard InChI is InChI=1S/2C6H18N4.Eu.4S.Sb/c2*7-1-3-9-5-6-10-4-2-8;;;;;;/h2*9-10H,1-8H2;;;;;;/q;;+3;4*-2;+5. The summed E-state index contributed by atoms with van der Waals surface area (Å²) in [5.74, 6) is 0. The molecule has 0 saturated heterocycles. The maximum atomic E-state index is 5.27. The molecule has 0 heterocycles. The average Bonchev–Trinajstić information content (AvgIpc) is 2.47. The van der Waals surface area contributed by atoms with Crippen LogP contribution in [0.1, 0.15) is 0 Å². The zero-order chi connectivity index (χ0) is 15.3. The number of nitrogens with one attached hydrogen (secondary N) is 4. The Morgan fingerprint density at radius 2 is 0.538 bits per heavy atom. The predicted octanol–water partition coefficient (Wildman–Crippen LogP) is -4.22. The van der Waals surface area contributed by atoms with Crippen LogP contribution in [0, 0.1) is 49.4 Å². The van der Waals surface area contributed by atoms with Crippen LogP contribution in [0.3, 0.4) is 0 Å². The fraction of sp³-hybridized carbons (Fsp3) is 1.00. The van der Waals surface area contributed by atoms with E-state index >= 15 is 0 Å². The van der Waals surface area contributed by atoms with Crippen molar-refractivity contribution in [2.45, 2.75) is 0 Å². The van der Waals surface area contributed by atoms with Crippen molar-refractivity contribution in [1.29, 1.82) is 0 Å². The van der Waals surface area contributed by atoms with Gasteiger partial charge in [0.15, 0.2) is 0 Å². The summed E-state index contributed by atoms with van der Waals surface area (Å²) < 4.78 is 0. The summed E-state index contributed by atoms with van der Waals surface area (Å²) in [7, 11) is 0. The third kappa shape index (κ3) is 63.1. The maximum Gasteiger partial charge on any atom is 5.00 e. The zero-order valence-electron chi connectivity index (χ0n) is 15.3. The van der Waals surface area contributed by atoms with Gasteiger partial charge in [0.25, 0.3) is 0 Å². The van der Waals surface area contributed by atoms with Gasteiger partial charge in [-0.15, -0.1) is 0 Å². The molecule has 0 fully saturated rings. The number of hydrogen-bond donors (Lipinski definition) is 8. The predicted molar refractivity (Wildman–Crippen MR) is 123 cm³/mol. The van der Waals surface area contributed by atoms with E-state index in [1.54, 1.807) is 0 Å². The van der Waals surface area contributed by atoms with Crippen LogP contribution >= 0.6 is 0 Å². The van der Waals surface area contributed by atoms with E-state index in [0.717, 1.165) is 52.4 Å². The molecule has 0 amide bonds. The molecule has 0 saturated carbocycles. The van der Waals surface area contributed by atoms with E-state index in [4.69, 9.17) is 22.9 Å². The summed E-state index contributed by atoms with van der Waals surface area (Å²) in [6.45, 7) is 10.3. The van der Waals surface area contributed by atoms with Crippen molar-refractivity contribution in [2.75, 3.05) is 78.5 Å². The first-order chi connectivity index (χ1) is 9.83. The quantitative estimate of drug-likeness (QED) is 0.0674. The van der Waals surface area contributed by atoms with E-state index < -0.39 is 0 Å². The molecule has 160 valence electrons. The van der Waals surface area contributed by atoms with Crippen molar-refractivity contribution < 1.29 is 49.4 Å². The van der Waals surface area contributed by atoms with Gasteiger partial charge in [0.2, 0.25) is 0 Å². The SMILES string of the molecule is NCCNCCNCCN.NCCNCCNCCN.[Eu+3].[S-2].[S-2].[S-2].[S-2].[Sb+5]. The zero-order valence-corrected chi connectivity index (χ0v) is 23.5. The van der Waals surface area contributed by atoms with Crippen LogP contribution in [0.2, 0.25) is 0 Å². The molecule has 12 N–H and O–H groups in total. The Hall–Kier alpha value is 3.48. The monoisotopic (exact) mass is 694 g/mol. The number of rotatable bonds is 14. The molecule has 0 aliphatic heterocycles. The fourth-order valence-corrected chi connectivity index (χ4v) is 1.26. The van der Waals surface area contributed by atoms with E-state index in [1.165, 1.54) is 0 Å². The molecule has 0 rings (SSSR count). The van der Waals surface area contributed by atoms with Crippen molar-refractivity contribution in [2.24, 2.45) is 22.9 Å². The first kappa shape index (κ1) is 51.8. The van der Waals surface area contributed by atoms with Crippen LogP contribution in [0.15, 0.2) is 0 Å². The number of hydrogen-bond acceptors (Lipinski definition) is 8. The molecule has 0 unspecified atom stereocenters. The van der Waals surface area contributed by atoms with Gasteiger partial charge in [-0.1, -0.05) is 0 Å². The Morgan fingerprint density at radius 1 is 0.385 bits per heavy atom. The summed E-state index contributed by atoms with van der Waals surface area (Å²) in [5.41, 5.74) is 21.1. The van der Waals surface area contributed by atoms with Crippen molar-refractivity contribution in [3.8, 4) is 0 Å². The summed E-state index contributed by atoms with van der Waals surface area (Å²) in [5, 5.41) is 12.7. The summed E-state index contributed by atoms with van der Waals surface area (Å²) in [6, 6.07) is 0. The third-order valence-corrected chi connectivity index (χ3v) is 2.24. The molecule has 0 aliphatic carbocycles. The van der Waals surface area contributed by atoms with Gasteiger partial charge in [0.05, 0.1) is 0 Å². The van der Waals surface area contributed by atoms with Crippen LogP contribution in [-0.2, 0) is 54.0 Å². The fourth-order valence-electron chi connectivity index (χ4n) is 1.26. The van der Waals surface area contributed by atoms with E-state index in [2.05, 4.69) is 21.3 Å². The summed E-state index contributed by atoms with van der Waals surface area (Å²) >= 11 is 0. The first-order valence-corrected chi connectivity index (χ1v) is 7.46. The Bertz CT molecular complexity index is 143. The average molecular weight is 694 g/mol. The van der Waals surface area contributed by atoms with Gasteiger partial charge in [-0.3, -0.25) is 0 Å². The molecule has 8 nitrogen and oxygen atoms in total. The van der Waals surface area contributed by atoms with Crippen LogP contribution in [-0.4, -0.2) is 103 Å². The van der Waals surface area contributed by atoms with Gasteiger partial charge in [-0.05, 0) is 0 Å². The van der Waals surface area contributed by atoms with Crippen molar-refractivity contribution >= 4 is 78.4 Å². The second-order valence-corrected chi connectivity index (χ2v) is 4.15. The minimum Gasteiger partial charge on any atom is -2.00 e. The molecule has 0 aromatic rings. The molecule has 0 atom stereocenters. The maximum absolute atomic E-state index is 5.27. The van der Waals surface area contributed by atoms with Crippen LogP contribution < -0.4 is 44.2 Å². The van der Waals surface area contributed by atoms with Gasteiger partial charge in [-0.2, -0.15) is 0 Å². The van der Waals surface area contributed by atoms with Crippen LogP contribution in [0.25, 0.3) is 0 Å². The summed E-state index contributed by atoms with van der Waals surface area (Å²) in [6.07, 6.45) is 0. The number of nitrogens with two attached hydrogens (primary N) is 4. The van der Waals surface area contributed by atoms with E-state index in [9.17, 15) is 0 Å². The molecule has 0 aromatic heterocycles. The van der Waals surface area contributed by atoms with E-state index in [1.807, 2.05) is 0 Å². The van der Waals surface area contributed by atoms with Gasteiger partial charge in [0, 0.05) is 78.5 Å². The molecule has 0 spiro atoms.